The van der Waals surface area contributed by atoms with Crippen molar-refractivity contribution in [3.05, 3.63) is 29.6 Å². The van der Waals surface area contributed by atoms with Crippen LogP contribution in [0.1, 0.15) is 31.0 Å². The van der Waals surface area contributed by atoms with Gasteiger partial charge in [0.2, 0.25) is 0 Å². The Morgan fingerprint density at radius 2 is 1.71 bits per heavy atom. The largest absolute Gasteiger partial charge is 0.465 e. The Morgan fingerprint density at radius 1 is 1.19 bits per heavy atom. The maximum atomic E-state index is 12.7. The smallest absolute Gasteiger partial charge is 0.416 e. The van der Waals surface area contributed by atoms with Crippen LogP contribution in [0.4, 0.5) is 13.2 Å². The van der Waals surface area contributed by atoms with Crippen LogP contribution in [0, 0.1) is 0 Å². The summed E-state index contributed by atoms with van der Waals surface area (Å²) in [6.45, 7) is 2.99. The van der Waals surface area contributed by atoms with E-state index in [0.717, 1.165) is 12.3 Å². The molecular formula is C13H14F3NO4. The molecule has 0 saturated carbocycles. The lowest BCUT2D eigenvalue weighted by atomic mass is 10.0. The number of ether oxygens (including phenoxy) is 2. The van der Waals surface area contributed by atoms with Crippen molar-refractivity contribution < 1.29 is 32.2 Å². The van der Waals surface area contributed by atoms with Gasteiger partial charge in [-0.05, 0) is 26.0 Å². The molecule has 0 saturated heterocycles. The predicted molar refractivity (Wildman–Crippen MR) is 65.2 cm³/mol. The Bertz CT molecular complexity index is 498. The molecule has 1 aromatic rings. The fourth-order valence-corrected chi connectivity index (χ4v) is 1.57. The zero-order valence-corrected chi connectivity index (χ0v) is 11.4. The molecule has 5 nitrogen and oxygen atoms in total. The highest BCUT2D eigenvalue weighted by Gasteiger charge is 2.36. The molecule has 0 atom stereocenters. The Balaban J connectivity index is 3.20. The standard InChI is InChI=1S/C13H14F3NO4/c1-3-20-11(18)10(12(19)21-4-2)9-7-8(5-6-17-9)13(14,15)16/h5-7,10H,3-4H2,1-2H3. The number of esters is 2. The molecule has 0 amide bonds. The number of hydrogen-bond acceptors (Lipinski definition) is 5. The van der Waals surface area contributed by atoms with E-state index in [4.69, 9.17) is 9.47 Å². The van der Waals surface area contributed by atoms with Gasteiger partial charge in [0.25, 0.3) is 0 Å². The minimum absolute atomic E-state index is 0.0201. The average molecular weight is 305 g/mol. The number of aromatic nitrogens is 1. The quantitative estimate of drug-likeness (QED) is 0.617. The predicted octanol–water partition coefficient (Wildman–Crippen LogP) is 2.31. The number of rotatable bonds is 5. The van der Waals surface area contributed by atoms with Gasteiger partial charge in [0.15, 0.2) is 5.92 Å². The van der Waals surface area contributed by atoms with E-state index in [9.17, 15) is 22.8 Å². The van der Waals surface area contributed by atoms with Crippen LogP contribution in [0.15, 0.2) is 18.3 Å². The summed E-state index contributed by atoms with van der Waals surface area (Å²) in [6, 6.07) is 1.38. The first-order valence-corrected chi connectivity index (χ1v) is 6.17. The molecule has 0 aliphatic carbocycles. The highest BCUT2D eigenvalue weighted by Crippen LogP contribution is 2.30. The summed E-state index contributed by atoms with van der Waals surface area (Å²) in [5.74, 6) is -3.63. The minimum Gasteiger partial charge on any atom is -0.465 e. The third kappa shape index (κ3) is 4.44. The van der Waals surface area contributed by atoms with Crippen LogP contribution in [0.5, 0.6) is 0 Å². The Labute approximate surface area is 119 Å². The molecule has 0 aliphatic heterocycles. The lowest BCUT2D eigenvalue weighted by Gasteiger charge is -2.15. The molecule has 8 heteroatoms. The van der Waals surface area contributed by atoms with Gasteiger partial charge in [-0.25, -0.2) is 0 Å². The van der Waals surface area contributed by atoms with Gasteiger partial charge in [0.1, 0.15) is 0 Å². The maximum absolute atomic E-state index is 12.7. The Kier molecular flexibility index (Phi) is 5.69. The van der Waals surface area contributed by atoms with E-state index in [-0.39, 0.29) is 18.9 Å². The summed E-state index contributed by atoms with van der Waals surface area (Å²) in [5.41, 5.74) is -1.37. The van der Waals surface area contributed by atoms with Crippen molar-refractivity contribution >= 4 is 11.9 Å². The molecular weight excluding hydrogens is 291 g/mol. The molecule has 0 spiro atoms. The lowest BCUT2D eigenvalue weighted by molar-refractivity contribution is -0.157. The highest BCUT2D eigenvalue weighted by atomic mass is 19.4. The van der Waals surface area contributed by atoms with E-state index in [1.807, 2.05) is 0 Å². The molecule has 116 valence electrons. The van der Waals surface area contributed by atoms with E-state index < -0.39 is 29.6 Å². The van der Waals surface area contributed by atoms with Crippen molar-refractivity contribution in [2.45, 2.75) is 25.9 Å². The number of nitrogens with zero attached hydrogens (tertiary/aromatic N) is 1. The van der Waals surface area contributed by atoms with Gasteiger partial charge in [-0.3, -0.25) is 14.6 Å². The van der Waals surface area contributed by atoms with Crippen LogP contribution in [0.2, 0.25) is 0 Å². The van der Waals surface area contributed by atoms with Crippen molar-refractivity contribution in [1.29, 1.82) is 0 Å². The number of alkyl halides is 3. The average Bonchev–Trinajstić information content (AvgIpc) is 2.39. The molecule has 1 rings (SSSR count). The molecule has 0 radical (unpaired) electrons. The lowest BCUT2D eigenvalue weighted by Crippen LogP contribution is -2.27. The van der Waals surface area contributed by atoms with E-state index in [2.05, 4.69) is 4.98 Å². The summed E-state index contributed by atoms with van der Waals surface area (Å²) in [7, 11) is 0. The summed E-state index contributed by atoms with van der Waals surface area (Å²) in [4.78, 5) is 27.2. The van der Waals surface area contributed by atoms with E-state index in [1.54, 1.807) is 0 Å². The SMILES string of the molecule is CCOC(=O)C(C(=O)OCC)c1cc(C(F)(F)F)ccn1. The van der Waals surface area contributed by atoms with Crippen LogP contribution in [-0.4, -0.2) is 30.1 Å². The van der Waals surface area contributed by atoms with E-state index in [1.165, 1.54) is 13.8 Å². The molecule has 0 aliphatic rings. The number of hydrogen-bond donors (Lipinski definition) is 0. The first kappa shape index (κ1) is 16.9. The summed E-state index contributed by atoms with van der Waals surface area (Å²) < 4.78 is 47.4. The van der Waals surface area contributed by atoms with Gasteiger partial charge in [-0.2, -0.15) is 13.2 Å². The van der Waals surface area contributed by atoms with Crippen LogP contribution >= 0.6 is 0 Å². The second kappa shape index (κ2) is 7.05. The molecule has 0 N–H and O–H groups in total. The molecule has 0 fully saturated rings. The zero-order chi connectivity index (χ0) is 16.0. The number of halogens is 3. The summed E-state index contributed by atoms with van der Waals surface area (Å²) >= 11 is 0. The first-order chi connectivity index (χ1) is 9.81. The first-order valence-electron chi connectivity index (χ1n) is 6.17. The molecule has 1 heterocycles. The zero-order valence-electron chi connectivity index (χ0n) is 11.4. The minimum atomic E-state index is -4.61. The van der Waals surface area contributed by atoms with Crippen molar-refractivity contribution in [2.75, 3.05) is 13.2 Å². The van der Waals surface area contributed by atoms with Crippen LogP contribution in [-0.2, 0) is 25.2 Å². The molecule has 21 heavy (non-hydrogen) atoms. The van der Waals surface area contributed by atoms with Gasteiger partial charge in [0.05, 0.1) is 24.5 Å². The topological polar surface area (TPSA) is 65.5 Å². The van der Waals surface area contributed by atoms with Gasteiger partial charge in [-0.1, -0.05) is 0 Å². The van der Waals surface area contributed by atoms with Crippen molar-refractivity contribution in [2.24, 2.45) is 0 Å². The molecule has 0 bridgehead atoms. The highest BCUT2D eigenvalue weighted by molar-refractivity contribution is 6.00. The summed E-state index contributed by atoms with van der Waals surface area (Å²) in [5, 5.41) is 0. The van der Waals surface area contributed by atoms with Gasteiger partial charge >= 0.3 is 18.1 Å². The second-order valence-corrected chi connectivity index (χ2v) is 3.90. The van der Waals surface area contributed by atoms with E-state index >= 15 is 0 Å². The van der Waals surface area contributed by atoms with E-state index in [0.29, 0.717) is 6.07 Å². The number of pyridine rings is 1. The number of carbonyl (C=O) groups is 2. The fraction of sp³-hybridized carbons (Fsp3) is 0.462. The van der Waals surface area contributed by atoms with Crippen LogP contribution in [0.25, 0.3) is 0 Å². The summed E-state index contributed by atoms with van der Waals surface area (Å²) in [6.07, 6.45) is -3.73. The van der Waals surface area contributed by atoms with Gasteiger partial charge < -0.3 is 9.47 Å². The second-order valence-electron chi connectivity index (χ2n) is 3.90. The van der Waals surface area contributed by atoms with Gasteiger partial charge in [0, 0.05) is 6.20 Å². The van der Waals surface area contributed by atoms with Crippen molar-refractivity contribution in [1.82, 2.24) is 4.98 Å². The third-order valence-corrected chi connectivity index (χ3v) is 2.45. The Hall–Kier alpha value is -2.12. The number of carbonyl (C=O) groups excluding carboxylic acids is 2. The third-order valence-electron chi connectivity index (χ3n) is 2.45. The van der Waals surface area contributed by atoms with Crippen LogP contribution in [0.3, 0.4) is 0 Å². The van der Waals surface area contributed by atoms with Gasteiger partial charge in [-0.15, -0.1) is 0 Å². The van der Waals surface area contributed by atoms with Crippen molar-refractivity contribution in [3.63, 3.8) is 0 Å². The van der Waals surface area contributed by atoms with Crippen LogP contribution < -0.4 is 0 Å². The normalized spacial score (nSPS) is 11.3. The Morgan fingerprint density at radius 3 is 2.14 bits per heavy atom. The molecule has 0 unspecified atom stereocenters. The fourth-order valence-electron chi connectivity index (χ4n) is 1.57. The monoisotopic (exact) mass is 305 g/mol. The van der Waals surface area contributed by atoms with Crippen molar-refractivity contribution in [3.8, 4) is 0 Å². The maximum Gasteiger partial charge on any atom is 0.416 e. The molecule has 0 aromatic carbocycles. The molecule has 1 aromatic heterocycles.